The van der Waals surface area contributed by atoms with Crippen LogP contribution in [0, 0.1) is 0 Å². The Labute approximate surface area is 144 Å². The van der Waals surface area contributed by atoms with Crippen molar-refractivity contribution in [3.63, 3.8) is 0 Å². The van der Waals surface area contributed by atoms with E-state index in [1.165, 1.54) is 38.1 Å². The van der Waals surface area contributed by atoms with Crippen LogP contribution in [-0.2, 0) is 23.9 Å². The van der Waals surface area contributed by atoms with Crippen LogP contribution in [0.3, 0.4) is 0 Å². The van der Waals surface area contributed by atoms with E-state index in [0.29, 0.717) is 5.56 Å². The summed E-state index contributed by atoms with van der Waals surface area (Å²) in [5.41, 5.74) is 0.526. The molecule has 8 heteroatoms. The predicted molar refractivity (Wildman–Crippen MR) is 87.7 cm³/mol. The van der Waals surface area contributed by atoms with E-state index in [4.69, 9.17) is 9.47 Å². The van der Waals surface area contributed by atoms with Crippen LogP contribution in [0.5, 0.6) is 11.5 Å². The highest BCUT2D eigenvalue weighted by molar-refractivity contribution is 5.93. The molecule has 0 saturated heterocycles. The molecule has 0 atom stereocenters. The molecular formula is C17H19NO7. The molecule has 0 unspecified atom stereocenters. The van der Waals surface area contributed by atoms with Gasteiger partial charge in [0.05, 0.1) is 6.61 Å². The van der Waals surface area contributed by atoms with Crippen molar-refractivity contribution in [3.8, 4) is 11.5 Å². The maximum absolute atomic E-state index is 11.6. The zero-order valence-corrected chi connectivity index (χ0v) is 14.2. The van der Waals surface area contributed by atoms with E-state index in [2.05, 4.69) is 10.1 Å². The molecule has 25 heavy (non-hydrogen) atoms. The van der Waals surface area contributed by atoms with Crippen LogP contribution in [0.15, 0.2) is 24.3 Å². The second kappa shape index (κ2) is 9.86. The topological polar surface area (TPSA) is 108 Å². The first-order chi connectivity index (χ1) is 11.8. The van der Waals surface area contributed by atoms with Gasteiger partial charge in [-0.25, -0.2) is 0 Å². The van der Waals surface area contributed by atoms with E-state index in [1.54, 1.807) is 13.0 Å². The second-order valence-electron chi connectivity index (χ2n) is 4.75. The average molecular weight is 349 g/mol. The summed E-state index contributed by atoms with van der Waals surface area (Å²) in [4.78, 5) is 45.0. The molecule has 1 aromatic rings. The van der Waals surface area contributed by atoms with E-state index in [1.807, 2.05) is 0 Å². The first kappa shape index (κ1) is 19.9. The standard InChI is InChI=1S/C17H19NO7/c1-4-23-17(22)10-18-16(21)8-6-13-5-7-14(24-11(2)19)15(9-13)25-12(3)20/h5-9H,4,10H2,1-3H3,(H,18,21)/b8-6+. The molecule has 1 aromatic carbocycles. The van der Waals surface area contributed by atoms with Gasteiger partial charge in [0, 0.05) is 19.9 Å². The minimum Gasteiger partial charge on any atom is -0.465 e. The molecule has 1 rings (SSSR count). The van der Waals surface area contributed by atoms with Gasteiger partial charge in [0.2, 0.25) is 5.91 Å². The fourth-order valence-corrected chi connectivity index (χ4v) is 1.70. The quantitative estimate of drug-likeness (QED) is 0.448. The molecule has 134 valence electrons. The third-order valence-electron chi connectivity index (χ3n) is 2.61. The highest BCUT2D eigenvalue weighted by atomic mass is 16.6. The number of carbonyl (C=O) groups is 4. The lowest BCUT2D eigenvalue weighted by atomic mass is 10.2. The molecule has 1 amide bonds. The maximum Gasteiger partial charge on any atom is 0.325 e. The van der Waals surface area contributed by atoms with Crippen molar-refractivity contribution in [3.05, 3.63) is 29.8 Å². The Morgan fingerprint density at radius 3 is 2.28 bits per heavy atom. The fourth-order valence-electron chi connectivity index (χ4n) is 1.70. The summed E-state index contributed by atoms with van der Waals surface area (Å²) in [5, 5.41) is 2.37. The largest absolute Gasteiger partial charge is 0.465 e. The van der Waals surface area contributed by atoms with Gasteiger partial charge in [-0.1, -0.05) is 6.07 Å². The number of hydrogen-bond acceptors (Lipinski definition) is 7. The van der Waals surface area contributed by atoms with Gasteiger partial charge >= 0.3 is 17.9 Å². The van der Waals surface area contributed by atoms with Gasteiger partial charge in [-0.2, -0.15) is 0 Å². The van der Waals surface area contributed by atoms with E-state index in [0.717, 1.165) is 0 Å². The van der Waals surface area contributed by atoms with Crippen LogP contribution in [0.25, 0.3) is 6.08 Å². The van der Waals surface area contributed by atoms with Crippen molar-refractivity contribution in [2.45, 2.75) is 20.8 Å². The van der Waals surface area contributed by atoms with Gasteiger partial charge in [0.15, 0.2) is 11.5 Å². The molecule has 0 aliphatic heterocycles. The first-order valence-corrected chi connectivity index (χ1v) is 7.44. The van der Waals surface area contributed by atoms with E-state index < -0.39 is 23.8 Å². The maximum atomic E-state index is 11.6. The summed E-state index contributed by atoms with van der Waals surface area (Å²) < 4.78 is 14.6. The van der Waals surface area contributed by atoms with Crippen LogP contribution >= 0.6 is 0 Å². The SMILES string of the molecule is CCOC(=O)CNC(=O)/C=C/c1ccc(OC(C)=O)c(OC(C)=O)c1. The lowest BCUT2D eigenvalue weighted by Gasteiger charge is -2.09. The minimum atomic E-state index is -0.582. The van der Waals surface area contributed by atoms with E-state index >= 15 is 0 Å². The normalized spacial score (nSPS) is 10.2. The predicted octanol–water partition coefficient (Wildman–Crippen LogP) is 1.23. The Balaban J connectivity index is 2.80. The van der Waals surface area contributed by atoms with Crippen molar-refractivity contribution < 1.29 is 33.4 Å². The first-order valence-electron chi connectivity index (χ1n) is 7.44. The Morgan fingerprint density at radius 2 is 1.68 bits per heavy atom. The molecule has 0 aliphatic carbocycles. The highest BCUT2D eigenvalue weighted by Gasteiger charge is 2.10. The molecule has 0 heterocycles. The van der Waals surface area contributed by atoms with E-state index in [-0.39, 0.29) is 24.7 Å². The van der Waals surface area contributed by atoms with Crippen molar-refractivity contribution in [1.82, 2.24) is 5.32 Å². The number of ether oxygens (including phenoxy) is 3. The molecule has 8 nitrogen and oxygen atoms in total. The molecular weight excluding hydrogens is 330 g/mol. The Kier molecular flexibility index (Phi) is 7.85. The van der Waals surface area contributed by atoms with E-state index in [9.17, 15) is 19.2 Å². The van der Waals surface area contributed by atoms with Crippen LogP contribution in [0.4, 0.5) is 0 Å². The fraction of sp³-hybridized carbons (Fsp3) is 0.294. The van der Waals surface area contributed by atoms with Gasteiger partial charge in [-0.3, -0.25) is 19.2 Å². The molecule has 0 spiro atoms. The van der Waals surface area contributed by atoms with Gasteiger partial charge in [0.25, 0.3) is 0 Å². The monoisotopic (exact) mass is 349 g/mol. The molecule has 0 fully saturated rings. The number of esters is 3. The Morgan fingerprint density at radius 1 is 1.04 bits per heavy atom. The number of nitrogens with one attached hydrogen (secondary N) is 1. The van der Waals surface area contributed by atoms with Crippen LogP contribution in [0.2, 0.25) is 0 Å². The van der Waals surface area contributed by atoms with Gasteiger partial charge < -0.3 is 19.5 Å². The van der Waals surface area contributed by atoms with Crippen molar-refractivity contribution in [1.29, 1.82) is 0 Å². The lowest BCUT2D eigenvalue weighted by molar-refractivity contribution is -0.143. The third-order valence-corrected chi connectivity index (χ3v) is 2.61. The van der Waals surface area contributed by atoms with Crippen LogP contribution in [-0.4, -0.2) is 37.0 Å². The molecule has 1 N–H and O–H groups in total. The summed E-state index contributed by atoms with van der Waals surface area (Å²) in [6, 6.07) is 4.45. The van der Waals surface area contributed by atoms with Crippen molar-refractivity contribution in [2.75, 3.05) is 13.2 Å². The zero-order valence-electron chi connectivity index (χ0n) is 14.2. The van der Waals surface area contributed by atoms with Crippen LogP contribution < -0.4 is 14.8 Å². The third kappa shape index (κ3) is 7.78. The Bertz CT molecular complexity index is 694. The minimum absolute atomic E-state index is 0.0526. The summed E-state index contributed by atoms with van der Waals surface area (Å²) in [6.07, 6.45) is 2.66. The van der Waals surface area contributed by atoms with Gasteiger partial charge in [-0.05, 0) is 30.7 Å². The number of amides is 1. The second-order valence-corrected chi connectivity index (χ2v) is 4.75. The summed E-state index contributed by atoms with van der Waals surface area (Å²) in [6.45, 7) is 4.10. The van der Waals surface area contributed by atoms with Gasteiger partial charge in [0.1, 0.15) is 6.54 Å². The average Bonchev–Trinajstić information content (AvgIpc) is 2.52. The molecule has 0 aliphatic rings. The molecule has 0 saturated carbocycles. The summed E-state index contributed by atoms with van der Waals surface area (Å²) >= 11 is 0. The van der Waals surface area contributed by atoms with Crippen molar-refractivity contribution >= 4 is 29.9 Å². The number of benzene rings is 1. The molecule has 0 aromatic heterocycles. The van der Waals surface area contributed by atoms with Crippen LogP contribution in [0.1, 0.15) is 26.3 Å². The number of hydrogen-bond donors (Lipinski definition) is 1. The van der Waals surface area contributed by atoms with Crippen molar-refractivity contribution in [2.24, 2.45) is 0 Å². The Hall–Kier alpha value is -3.16. The molecule has 0 radical (unpaired) electrons. The van der Waals surface area contributed by atoms with Gasteiger partial charge in [-0.15, -0.1) is 0 Å². The molecule has 0 bridgehead atoms. The zero-order chi connectivity index (χ0) is 18.8. The lowest BCUT2D eigenvalue weighted by Crippen LogP contribution is -2.29. The summed E-state index contributed by atoms with van der Waals surface area (Å²) in [5.74, 6) is -2.03. The highest BCUT2D eigenvalue weighted by Crippen LogP contribution is 2.29. The smallest absolute Gasteiger partial charge is 0.325 e. The number of rotatable bonds is 7. The number of carbonyl (C=O) groups excluding carboxylic acids is 4. The summed E-state index contributed by atoms with van der Waals surface area (Å²) in [7, 11) is 0.